The van der Waals surface area contributed by atoms with Gasteiger partial charge in [-0.3, -0.25) is 0 Å². The zero-order valence-corrected chi connectivity index (χ0v) is 7.76. The fourth-order valence-corrected chi connectivity index (χ4v) is 0.668. The van der Waals surface area contributed by atoms with Crippen LogP contribution in [-0.2, 0) is 0 Å². The Morgan fingerprint density at radius 1 is 1.20 bits per heavy atom. The molecule has 0 bridgehead atoms. The van der Waals surface area contributed by atoms with Gasteiger partial charge in [0.25, 0.3) is 0 Å². The highest BCUT2D eigenvalue weighted by Crippen LogP contribution is 2.17. The van der Waals surface area contributed by atoms with Gasteiger partial charge in [0.05, 0.1) is 0 Å². The molecular weight excluding hydrogens is 144 g/mol. The molecule has 0 aromatic rings. The van der Waals surface area contributed by atoms with Crippen molar-refractivity contribution in [1.82, 2.24) is 0 Å². The molecule has 0 saturated heterocycles. The van der Waals surface area contributed by atoms with E-state index < -0.39 is 0 Å². The second-order valence-electron chi connectivity index (χ2n) is 2.86. The minimum atomic E-state index is 0.944. The van der Waals surface area contributed by atoms with Crippen LogP contribution in [0.5, 0.6) is 0 Å². The number of hydrogen-bond donors (Lipinski definition) is 0. The van der Waals surface area contributed by atoms with Gasteiger partial charge in [0.1, 0.15) is 0 Å². The SMILES string of the molecule is C=C(C)CCC(Cl)=C(C)C. The third-order valence-corrected chi connectivity index (χ3v) is 1.88. The fraction of sp³-hybridized carbons (Fsp3) is 0.556. The lowest BCUT2D eigenvalue weighted by Gasteiger charge is -1.99. The van der Waals surface area contributed by atoms with Crippen LogP contribution in [0.2, 0.25) is 0 Å². The lowest BCUT2D eigenvalue weighted by Crippen LogP contribution is -1.79. The topological polar surface area (TPSA) is 0 Å². The minimum absolute atomic E-state index is 0.944. The van der Waals surface area contributed by atoms with Crippen LogP contribution in [0.1, 0.15) is 33.6 Å². The molecule has 0 amide bonds. The van der Waals surface area contributed by atoms with E-state index in [1.54, 1.807) is 0 Å². The van der Waals surface area contributed by atoms with Crippen LogP contribution in [-0.4, -0.2) is 0 Å². The van der Waals surface area contributed by atoms with Gasteiger partial charge in [-0.2, -0.15) is 0 Å². The average molecular weight is 159 g/mol. The van der Waals surface area contributed by atoms with Crippen molar-refractivity contribution in [3.63, 3.8) is 0 Å². The standard InChI is InChI=1S/C9H15Cl/c1-7(2)5-6-9(10)8(3)4/h1,5-6H2,2-4H3. The molecule has 0 unspecified atom stereocenters. The van der Waals surface area contributed by atoms with Gasteiger partial charge in [-0.05, 0) is 33.6 Å². The lowest BCUT2D eigenvalue weighted by molar-refractivity contribution is 0.956. The molecule has 0 rings (SSSR count). The van der Waals surface area contributed by atoms with E-state index in [0.717, 1.165) is 17.9 Å². The maximum Gasteiger partial charge on any atom is 0.0170 e. The Morgan fingerprint density at radius 3 is 2.00 bits per heavy atom. The summed E-state index contributed by atoms with van der Waals surface area (Å²) in [7, 11) is 0. The van der Waals surface area contributed by atoms with Crippen LogP contribution in [0.15, 0.2) is 22.8 Å². The molecule has 10 heavy (non-hydrogen) atoms. The first-order valence-electron chi connectivity index (χ1n) is 3.50. The van der Waals surface area contributed by atoms with Gasteiger partial charge in [-0.1, -0.05) is 22.7 Å². The zero-order chi connectivity index (χ0) is 8.15. The van der Waals surface area contributed by atoms with Crippen LogP contribution in [0.25, 0.3) is 0 Å². The molecule has 0 saturated carbocycles. The monoisotopic (exact) mass is 158 g/mol. The van der Waals surface area contributed by atoms with Gasteiger partial charge < -0.3 is 0 Å². The van der Waals surface area contributed by atoms with Crippen molar-refractivity contribution in [1.29, 1.82) is 0 Å². The molecule has 0 spiro atoms. The molecule has 0 aliphatic heterocycles. The Labute approximate surface area is 68.6 Å². The Kier molecular flexibility index (Phi) is 4.46. The molecule has 0 heterocycles. The average Bonchev–Trinajstić information content (AvgIpc) is 1.82. The summed E-state index contributed by atoms with van der Waals surface area (Å²) < 4.78 is 0. The summed E-state index contributed by atoms with van der Waals surface area (Å²) in [5.74, 6) is 0. The van der Waals surface area contributed by atoms with Crippen LogP contribution < -0.4 is 0 Å². The second kappa shape index (κ2) is 4.56. The Balaban J connectivity index is 3.71. The first-order chi connectivity index (χ1) is 4.54. The van der Waals surface area contributed by atoms with Crippen molar-refractivity contribution < 1.29 is 0 Å². The quantitative estimate of drug-likeness (QED) is 0.547. The highest BCUT2D eigenvalue weighted by Gasteiger charge is 1.94. The lowest BCUT2D eigenvalue weighted by atomic mass is 10.1. The molecule has 0 aliphatic rings. The minimum Gasteiger partial charge on any atom is -0.100 e. The van der Waals surface area contributed by atoms with Crippen LogP contribution in [0.3, 0.4) is 0 Å². The number of halogens is 1. The largest absolute Gasteiger partial charge is 0.100 e. The summed E-state index contributed by atoms with van der Waals surface area (Å²) in [6.07, 6.45) is 1.95. The normalized spacial score (nSPS) is 9.20. The van der Waals surface area contributed by atoms with E-state index in [1.165, 1.54) is 11.1 Å². The number of allylic oxidation sites excluding steroid dienone is 3. The third kappa shape index (κ3) is 4.63. The van der Waals surface area contributed by atoms with E-state index in [9.17, 15) is 0 Å². The van der Waals surface area contributed by atoms with Gasteiger partial charge in [-0.25, -0.2) is 0 Å². The first kappa shape index (κ1) is 9.77. The molecule has 0 N–H and O–H groups in total. The predicted molar refractivity (Wildman–Crippen MR) is 48.3 cm³/mol. The zero-order valence-electron chi connectivity index (χ0n) is 7.00. The Bertz CT molecular complexity index is 150. The molecule has 1 heteroatoms. The Hall–Kier alpha value is -0.230. The summed E-state index contributed by atoms with van der Waals surface area (Å²) >= 11 is 5.90. The molecule has 0 atom stereocenters. The van der Waals surface area contributed by atoms with E-state index in [1.807, 2.05) is 20.8 Å². The summed E-state index contributed by atoms with van der Waals surface area (Å²) in [6.45, 7) is 9.89. The van der Waals surface area contributed by atoms with Crippen LogP contribution >= 0.6 is 11.6 Å². The van der Waals surface area contributed by atoms with Crippen LogP contribution in [0, 0.1) is 0 Å². The summed E-state index contributed by atoms with van der Waals surface area (Å²) in [5.41, 5.74) is 2.40. The number of rotatable bonds is 3. The molecule has 0 aromatic carbocycles. The van der Waals surface area contributed by atoms with Crippen molar-refractivity contribution >= 4 is 11.6 Å². The maximum absolute atomic E-state index is 5.90. The van der Waals surface area contributed by atoms with Gasteiger partial charge in [0.2, 0.25) is 0 Å². The smallest absolute Gasteiger partial charge is 0.0170 e. The van der Waals surface area contributed by atoms with Crippen molar-refractivity contribution in [3.05, 3.63) is 22.8 Å². The molecule has 0 nitrogen and oxygen atoms in total. The number of hydrogen-bond acceptors (Lipinski definition) is 0. The van der Waals surface area contributed by atoms with E-state index in [0.29, 0.717) is 0 Å². The Morgan fingerprint density at radius 2 is 1.70 bits per heavy atom. The van der Waals surface area contributed by atoms with E-state index in [4.69, 9.17) is 11.6 Å². The molecule has 0 aromatic heterocycles. The van der Waals surface area contributed by atoms with Crippen molar-refractivity contribution in [3.8, 4) is 0 Å². The maximum atomic E-state index is 5.90. The predicted octanol–water partition coefficient (Wildman–Crippen LogP) is 3.88. The fourth-order valence-electron chi connectivity index (χ4n) is 0.573. The highest BCUT2D eigenvalue weighted by molar-refractivity contribution is 6.29. The van der Waals surface area contributed by atoms with E-state index in [2.05, 4.69) is 6.58 Å². The highest BCUT2D eigenvalue weighted by atomic mass is 35.5. The van der Waals surface area contributed by atoms with Crippen LogP contribution in [0.4, 0.5) is 0 Å². The molecule has 0 radical (unpaired) electrons. The van der Waals surface area contributed by atoms with E-state index in [-0.39, 0.29) is 0 Å². The van der Waals surface area contributed by atoms with Gasteiger partial charge in [-0.15, -0.1) is 6.58 Å². The molecule has 58 valence electrons. The van der Waals surface area contributed by atoms with Gasteiger partial charge >= 0.3 is 0 Å². The summed E-state index contributed by atoms with van der Waals surface area (Å²) in [5, 5.41) is 0.975. The van der Waals surface area contributed by atoms with Gasteiger partial charge in [0, 0.05) is 5.03 Å². The van der Waals surface area contributed by atoms with Gasteiger partial charge in [0.15, 0.2) is 0 Å². The van der Waals surface area contributed by atoms with Crippen molar-refractivity contribution in [2.24, 2.45) is 0 Å². The van der Waals surface area contributed by atoms with Crippen molar-refractivity contribution in [2.75, 3.05) is 0 Å². The summed E-state index contributed by atoms with van der Waals surface area (Å²) in [6, 6.07) is 0. The molecular formula is C9H15Cl. The second-order valence-corrected chi connectivity index (χ2v) is 3.32. The molecule has 0 fully saturated rings. The molecule has 0 aliphatic carbocycles. The van der Waals surface area contributed by atoms with Crippen molar-refractivity contribution in [2.45, 2.75) is 33.6 Å². The summed E-state index contributed by atoms with van der Waals surface area (Å²) in [4.78, 5) is 0. The first-order valence-corrected chi connectivity index (χ1v) is 3.88. The van der Waals surface area contributed by atoms with E-state index >= 15 is 0 Å². The third-order valence-electron chi connectivity index (χ3n) is 1.31.